The summed E-state index contributed by atoms with van der Waals surface area (Å²) in [6, 6.07) is 4.08. The molecule has 0 N–H and O–H groups in total. The van der Waals surface area contributed by atoms with E-state index in [0.29, 0.717) is 26.1 Å². The van der Waals surface area contributed by atoms with E-state index in [1.165, 1.54) is 5.56 Å². The molecule has 7 nitrogen and oxygen atoms in total. The molecule has 28 heavy (non-hydrogen) atoms. The lowest BCUT2D eigenvalue weighted by molar-refractivity contribution is -0.136. The minimum Gasteiger partial charge on any atom is -0.373 e. The Morgan fingerprint density at radius 1 is 1.11 bits per heavy atom. The molecule has 2 saturated heterocycles. The van der Waals surface area contributed by atoms with Crippen molar-refractivity contribution in [3.05, 3.63) is 53.9 Å². The molecule has 0 aromatic carbocycles. The zero-order valence-corrected chi connectivity index (χ0v) is 16.4. The van der Waals surface area contributed by atoms with E-state index in [2.05, 4.69) is 25.9 Å². The smallest absolute Gasteiger partial charge is 0.225 e. The van der Waals surface area contributed by atoms with Crippen LogP contribution in [0.25, 0.3) is 0 Å². The van der Waals surface area contributed by atoms with Crippen molar-refractivity contribution >= 4 is 5.91 Å². The highest BCUT2D eigenvalue weighted by Gasteiger charge is 2.40. The van der Waals surface area contributed by atoms with Crippen molar-refractivity contribution in [1.29, 1.82) is 0 Å². The molecule has 7 heteroatoms. The molecule has 4 rings (SSSR count). The first-order valence-corrected chi connectivity index (χ1v) is 9.92. The van der Waals surface area contributed by atoms with Crippen LogP contribution in [0.5, 0.6) is 0 Å². The molecule has 0 radical (unpaired) electrons. The van der Waals surface area contributed by atoms with Crippen LogP contribution in [0.1, 0.15) is 36.2 Å². The van der Waals surface area contributed by atoms with Gasteiger partial charge in [-0.05, 0) is 31.4 Å². The van der Waals surface area contributed by atoms with Gasteiger partial charge in [-0.25, -0.2) is 0 Å². The van der Waals surface area contributed by atoms with Gasteiger partial charge in [0.2, 0.25) is 5.91 Å². The summed E-state index contributed by atoms with van der Waals surface area (Å²) in [6.45, 7) is 6.36. The van der Waals surface area contributed by atoms with Crippen LogP contribution in [-0.2, 0) is 22.6 Å². The zero-order valence-electron chi connectivity index (χ0n) is 16.4. The highest BCUT2D eigenvalue weighted by atomic mass is 16.5. The molecule has 4 heterocycles. The number of hydrogen-bond acceptors (Lipinski definition) is 6. The van der Waals surface area contributed by atoms with Gasteiger partial charge in [0.1, 0.15) is 0 Å². The van der Waals surface area contributed by atoms with E-state index in [1.54, 1.807) is 18.6 Å². The number of nitrogens with zero attached hydrogens (tertiary/aromatic N) is 5. The number of ether oxygens (including phenoxy) is 1. The SMILES string of the molecule is Cc1cnc(CN2CCOC3(CCN(Cc4cccnc4)CC3)CC2=O)cn1. The van der Waals surface area contributed by atoms with Crippen molar-refractivity contribution in [1.82, 2.24) is 24.8 Å². The molecule has 0 aliphatic carbocycles. The van der Waals surface area contributed by atoms with Crippen LogP contribution in [0.3, 0.4) is 0 Å². The second-order valence-corrected chi connectivity index (χ2v) is 7.81. The number of aromatic nitrogens is 3. The van der Waals surface area contributed by atoms with Crippen LogP contribution in [0.4, 0.5) is 0 Å². The van der Waals surface area contributed by atoms with Crippen molar-refractivity contribution in [2.75, 3.05) is 26.2 Å². The van der Waals surface area contributed by atoms with Crippen LogP contribution in [0, 0.1) is 6.92 Å². The first-order chi connectivity index (χ1) is 13.6. The van der Waals surface area contributed by atoms with E-state index < -0.39 is 0 Å². The standard InChI is InChI=1S/C21H27N5O2/c1-17-12-24-19(14-23-17)16-26-9-10-28-21(11-20(26)27)4-7-25(8-5-21)15-18-3-2-6-22-13-18/h2-3,6,12-14H,4-5,7-11,15-16H2,1H3. The Kier molecular flexibility index (Phi) is 5.64. The predicted molar refractivity (Wildman–Crippen MR) is 104 cm³/mol. The minimum absolute atomic E-state index is 0.153. The Hall–Kier alpha value is -2.38. The third-order valence-electron chi connectivity index (χ3n) is 5.68. The molecule has 2 aromatic heterocycles. The normalized spacial score (nSPS) is 20.3. The van der Waals surface area contributed by atoms with Crippen molar-refractivity contribution in [2.45, 2.75) is 44.9 Å². The van der Waals surface area contributed by atoms with E-state index in [9.17, 15) is 4.79 Å². The maximum Gasteiger partial charge on any atom is 0.225 e. The number of piperidine rings is 1. The van der Waals surface area contributed by atoms with Gasteiger partial charge in [-0.15, -0.1) is 0 Å². The molecule has 0 atom stereocenters. The number of carbonyl (C=O) groups is 1. The zero-order chi connectivity index (χ0) is 19.4. The number of likely N-dealkylation sites (tertiary alicyclic amines) is 1. The van der Waals surface area contributed by atoms with Crippen LogP contribution in [0.2, 0.25) is 0 Å². The average Bonchev–Trinajstić information content (AvgIpc) is 2.85. The molecule has 1 spiro atoms. The van der Waals surface area contributed by atoms with E-state index in [0.717, 1.165) is 43.9 Å². The fraction of sp³-hybridized carbons (Fsp3) is 0.524. The molecule has 0 bridgehead atoms. The summed E-state index contributed by atoms with van der Waals surface area (Å²) < 4.78 is 6.25. The number of hydrogen-bond donors (Lipinski definition) is 0. The summed E-state index contributed by atoms with van der Waals surface area (Å²) in [5, 5.41) is 0. The average molecular weight is 381 g/mol. The number of pyridine rings is 1. The van der Waals surface area contributed by atoms with Crippen molar-refractivity contribution < 1.29 is 9.53 Å². The second-order valence-electron chi connectivity index (χ2n) is 7.81. The Labute approximate surface area is 165 Å². The summed E-state index contributed by atoms with van der Waals surface area (Å²) >= 11 is 0. The third kappa shape index (κ3) is 4.54. The summed E-state index contributed by atoms with van der Waals surface area (Å²) in [6.07, 6.45) is 9.44. The van der Waals surface area contributed by atoms with Gasteiger partial charge in [0.15, 0.2) is 0 Å². The fourth-order valence-corrected chi connectivity index (χ4v) is 3.99. The molecule has 2 aromatic rings. The lowest BCUT2D eigenvalue weighted by Gasteiger charge is -2.40. The summed E-state index contributed by atoms with van der Waals surface area (Å²) in [5.41, 5.74) is 2.60. The van der Waals surface area contributed by atoms with Crippen LogP contribution < -0.4 is 0 Å². The Morgan fingerprint density at radius 3 is 2.68 bits per heavy atom. The highest BCUT2D eigenvalue weighted by Crippen LogP contribution is 2.33. The Morgan fingerprint density at radius 2 is 1.96 bits per heavy atom. The topological polar surface area (TPSA) is 71.5 Å². The first kappa shape index (κ1) is 19.0. The van der Waals surface area contributed by atoms with Gasteiger partial charge in [0, 0.05) is 44.8 Å². The van der Waals surface area contributed by atoms with Gasteiger partial charge in [-0.1, -0.05) is 6.07 Å². The number of carbonyl (C=O) groups excluding carboxylic acids is 1. The van der Waals surface area contributed by atoms with E-state index in [4.69, 9.17) is 4.74 Å². The largest absolute Gasteiger partial charge is 0.373 e. The Bertz CT molecular complexity index is 788. The van der Waals surface area contributed by atoms with Gasteiger partial charge in [-0.2, -0.15) is 0 Å². The van der Waals surface area contributed by atoms with Gasteiger partial charge >= 0.3 is 0 Å². The molecule has 0 saturated carbocycles. The first-order valence-electron chi connectivity index (χ1n) is 9.92. The molecule has 0 unspecified atom stereocenters. The van der Waals surface area contributed by atoms with Crippen molar-refractivity contribution in [2.24, 2.45) is 0 Å². The molecule has 1 amide bonds. The number of rotatable bonds is 4. The van der Waals surface area contributed by atoms with Crippen molar-refractivity contribution in [3.8, 4) is 0 Å². The lowest BCUT2D eigenvalue weighted by Crippen LogP contribution is -2.47. The van der Waals surface area contributed by atoms with Gasteiger partial charge < -0.3 is 9.64 Å². The summed E-state index contributed by atoms with van der Waals surface area (Å²) in [5.74, 6) is 0.153. The molecule has 2 aliphatic rings. The molecule has 2 aliphatic heterocycles. The maximum absolute atomic E-state index is 12.9. The highest BCUT2D eigenvalue weighted by molar-refractivity contribution is 5.77. The molecular formula is C21H27N5O2. The van der Waals surface area contributed by atoms with Crippen molar-refractivity contribution in [3.63, 3.8) is 0 Å². The van der Waals surface area contributed by atoms with Crippen LogP contribution in [-0.4, -0.2) is 62.5 Å². The van der Waals surface area contributed by atoms with Crippen LogP contribution >= 0.6 is 0 Å². The quantitative estimate of drug-likeness (QED) is 0.806. The fourth-order valence-electron chi connectivity index (χ4n) is 3.99. The van der Waals surface area contributed by atoms with Crippen LogP contribution in [0.15, 0.2) is 36.9 Å². The third-order valence-corrected chi connectivity index (χ3v) is 5.68. The number of amides is 1. The second kappa shape index (κ2) is 8.32. The van der Waals surface area contributed by atoms with E-state index >= 15 is 0 Å². The van der Waals surface area contributed by atoms with Gasteiger partial charge in [0.25, 0.3) is 0 Å². The Balaban J connectivity index is 1.34. The lowest BCUT2D eigenvalue weighted by atomic mass is 9.87. The molecular weight excluding hydrogens is 354 g/mol. The maximum atomic E-state index is 12.9. The van der Waals surface area contributed by atoms with E-state index in [-0.39, 0.29) is 11.5 Å². The predicted octanol–water partition coefficient (Wildman–Crippen LogP) is 1.96. The number of aryl methyl sites for hydroxylation is 1. The molecule has 2 fully saturated rings. The van der Waals surface area contributed by atoms with Gasteiger partial charge in [-0.3, -0.25) is 24.6 Å². The monoisotopic (exact) mass is 381 g/mol. The molecule has 148 valence electrons. The summed E-state index contributed by atoms with van der Waals surface area (Å²) in [4.78, 5) is 30.0. The minimum atomic E-state index is -0.323. The van der Waals surface area contributed by atoms with E-state index in [1.807, 2.05) is 24.1 Å². The van der Waals surface area contributed by atoms with Gasteiger partial charge in [0.05, 0.1) is 42.8 Å². The summed E-state index contributed by atoms with van der Waals surface area (Å²) in [7, 11) is 0.